The number of carbonyl (C=O) groups is 1. The molecule has 12 heteroatoms. The van der Waals surface area contributed by atoms with Gasteiger partial charge in [-0.25, -0.2) is 4.79 Å². The van der Waals surface area contributed by atoms with Crippen LogP contribution in [0.15, 0.2) is 90.0 Å². The Hall–Kier alpha value is -3.18. The number of pyridine rings is 1. The maximum absolute atomic E-state index is 13.0. The lowest BCUT2D eigenvalue weighted by Gasteiger charge is -2.35. The van der Waals surface area contributed by atoms with Gasteiger partial charge < -0.3 is 15.0 Å². The highest BCUT2D eigenvalue weighted by Gasteiger charge is 2.29. The van der Waals surface area contributed by atoms with Gasteiger partial charge in [0, 0.05) is 60.6 Å². The average Bonchev–Trinajstić information content (AvgIpc) is 2.93. The molecule has 0 atom stereocenters. The molecule has 1 fully saturated rings. The molecule has 0 radical (unpaired) electrons. The van der Waals surface area contributed by atoms with Gasteiger partial charge in [-0.1, -0.05) is 30.3 Å². The number of fused-ring (bicyclic) bond motifs is 1. The van der Waals surface area contributed by atoms with E-state index in [1.807, 2.05) is 18.2 Å². The first-order chi connectivity index (χ1) is 18.9. The Morgan fingerprint density at radius 2 is 1.61 bits per heavy atom. The minimum Gasteiger partial charge on any atom is -0.461 e. The van der Waals surface area contributed by atoms with E-state index >= 15 is 0 Å². The summed E-state index contributed by atoms with van der Waals surface area (Å²) in [5.41, 5.74) is -1.20. The number of hydrogen-bond donors (Lipinski definition) is 1. The van der Waals surface area contributed by atoms with Crippen LogP contribution in [0.25, 0.3) is 10.9 Å². The number of thioether (sulfide) groups is 1. The Kier molecular flexibility index (Phi) is 11.5. The van der Waals surface area contributed by atoms with Crippen molar-refractivity contribution < 1.29 is 22.7 Å². The van der Waals surface area contributed by atoms with Gasteiger partial charge in [-0.15, -0.1) is 24.8 Å². The third-order valence-electron chi connectivity index (χ3n) is 6.50. The molecule has 1 aromatic heterocycles. The first kappa shape index (κ1) is 32.3. The highest BCUT2D eigenvalue weighted by molar-refractivity contribution is 8.00. The Bertz CT molecular complexity index is 1440. The largest absolute Gasteiger partial charge is 0.461 e. The minimum absolute atomic E-state index is 0. The van der Waals surface area contributed by atoms with Crippen molar-refractivity contribution in [3.63, 3.8) is 0 Å². The van der Waals surface area contributed by atoms with E-state index in [2.05, 4.69) is 32.2 Å². The van der Waals surface area contributed by atoms with Crippen molar-refractivity contribution in [3.8, 4) is 0 Å². The van der Waals surface area contributed by atoms with E-state index in [1.54, 1.807) is 36.4 Å². The molecule has 1 aliphatic heterocycles. The number of aromatic nitrogens is 1. The van der Waals surface area contributed by atoms with E-state index in [0.29, 0.717) is 34.4 Å². The molecule has 3 aromatic carbocycles. The smallest absolute Gasteiger partial charge is 0.446 e. The van der Waals surface area contributed by atoms with Crippen molar-refractivity contribution in [3.05, 3.63) is 90.6 Å². The summed E-state index contributed by atoms with van der Waals surface area (Å²) < 4.78 is 44.0. The van der Waals surface area contributed by atoms with E-state index < -0.39 is 11.5 Å². The Morgan fingerprint density at radius 3 is 2.34 bits per heavy atom. The fourth-order valence-corrected chi connectivity index (χ4v) is 5.14. The number of para-hydroxylation sites is 2. The lowest BCUT2D eigenvalue weighted by Crippen LogP contribution is -2.47. The topological polar surface area (TPSA) is 57.7 Å². The molecule has 41 heavy (non-hydrogen) atoms. The average molecular weight is 626 g/mol. The number of carbonyl (C=O) groups excluding carboxylic acids is 1. The molecule has 1 aliphatic rings. The standard InChI is InChI=1S/C29H27F3N4O2S.2ClH/c30-29(31,32)39-22-10-11-23-26(12-13-33-27(23)20-22)34-25-9-5-4-8-24(25)28(37)38-19-18-35-14-16-36(17-15-35)21-6-2-1-3-7-21;;/h1-13,20H,14-19H2,(H,33,34);2*1H. The maximum atomic E-state index is 13.0. The maximum Gasteiger partial charge on any atom is 0.446 e. The van der Waals surface area contributed by atoms with E-state index in [-0.39, 0.29) is 48.1 Å². The summed E-state index contributed by atoms with van der Waals surface area (Å²) in [6.07, 6.45) is 1.52. The molecule has 6 nitrogen and oxygen atoms in total. The predicted molar refractivity (Wildman–Crippen MR) is 163 cm³/mol. The van der Waals surface area contributed by atoms with Crippen molar-refractivity contribution in [2.75, 3.05) is 49.5 Å². The van der Waals surface area contributed by atoms with E-state index in [9.17, 15) is 18.0 Å². The normalized spacial score (nSPS) is 13.7. The fraction of sp³-hybridized carbons (Fsp3) is 0.241. The molecule has 5 rings (SSSR count). The van der Waals surface area contributed by atoms with Crippen LogP contribution in [0.1, 0.15) is 10.4 Å². The van der Waals surface area contributed by atoms with Crippen LogP contribution in [0.4, 0.5) is 30.2 Å². The van der Waals surface area contributed by atoms with Crippen LogP contribution in [0.5, 0.6) is 0 Å². The van der Waals surface area contributed by atoms with Crippen molar-refractivity contribution >= 4 is 70.5 Å². The predicted octanol–water partition coefficient (Wildman–Crippen LogP) is 7.41. The third kappa shape index (κ3) is 8.65. The lowest BCUT2D eigenvalue weighted by atomic mass is 10.1. The Labute approximate surface area is 253 Å². The first-order valence-corrected chi connectivity index (χ1v) is 13.4. The summed E-state index contributed by atoms with van der Waals surface area (Å²) in [4.78, 5) is 21.9. The number of nitrogens with one attached hydrogen (secondary N) is 1. The van der Waals surface area contributed by atoms with Gasteiger partial charge in [-0.2, -0.15) is 13.2 Å². The number of anilines is 3. The quantitative estimate of drug-likeness (QED) is 0.162. The summed E-state index contributed by atoms with van der Waals surface area (Å²) in [6, 6.07) is 23.4. The number of benzene rings is 3. The molecule has 1 N–H and O–H groups in total. The number of esters is 1. The van der Waals surface area contributed by atoms with Gasteiger partial charge in [0.15, 0.2) is 0 Å². The summed E-state index contributed by atoms with van der Waals surface area (Å²) in [7, 11) is 0. The third-order valence-corrected chi connectivity index (χ3v) is 7.22. The number of ether oxygens (including phenoxy) is 1. The van der Waals surface area contributed by atoms with Gasteiger partial charge in [0.2, 0.25) is 0 Å². The first-order valence-electron chi connectivity index (χ1n) is 12.6. The van der Waals surface area contributed by atoms with Gasteiger partial charge in [0.1, 0.15) is 6.61 Å². The zero-order chi connectivity index (χ0) is 27.2. The SMILES string of the molecule is Cl.Cl.O=C(OCCN1CCN(c2ccccc2)CC1)c1ccccc1Nc1ccnc2cc(SC(F)(F)F)ccc12. The van der Waals surface area contributed by atoms with Crippen LogP contribution < -0.4 is 10.2 Å². The van der Waals surface area contributed by atoms with Crippen molar-refractivity contribution in [2.45, 2.75) is 10.4 Å². The van der Waals surface area contributed by atoms with E-state index in [1.165, 1.54) is 24.0 Å². The molecule has 218 valence electrons. The van der Waals surface area contributed by atoms with Gasteiger partial charge in [0.25, 0.3) is 0 Å². The number of alkyl halides is 3. The number of hydrogen-bond acceptors (Lipinski definition) is 7. The molecule has 1 saturated heterocycles. The second kappa shape index (κ2) is 14.6. The summed E-state index contributed by atoms with van der Waals surface area (Å²) in [5.74, 6) is -0.441. The molecule has 0 unspecified atom stereocenters. The van der Waals surface area contributed by atoms with Crippen LogP contribution in [0.3, 0.4) is 0 Å². The second-order valence-corrected chi connectivity index (χ2v) is 10.2. The molecule has 0 amide bonds. The van der Waals surface area contributed by atoms with Gasteiger partial charge in [0.05, 0.1) is 16.8 Å². The molecule has 0 saturated carbocycles. The van der Waals surface area contributed by atoms with Crippen LogP contribution in [-0.2, 0) is 4.74 Å². The van der Waals surface area contributed by atoms with E-state index in [0.717, 1.165) is 26.2 Å². The second-order valence-electron chi connectivity index (χ2n) is 9.06. The molecular weight excluding hydrogens is 596 g/mol. The van der Waals surface area contributed by atoms with Gasteiger partial charge in [-0.3, -0.25) is 9.88 Å². The number of piperazine rings is 1. The minimum atomic E-state index is -4.38. The van der Waals surface area contributed by atoms with Crippen molar-refractivity contribution in [1.29, 1.82) is 0 Å². The summed E-state index contributed by atoms with van der Waals surface area (Å²) >= 11 is -0.179. The number of halogens is 5. The molecule has 4 aromatic rings. The van der Waals surface area contributed by atoms with Crippen molar-refractivity contribution in [1.82, 2.24) is 9.88 Å². The molecular formula is C29H29Cl2F3N4O2S. The Balaban J connectivity index is 0.00000231. The molecule has 0 aliphatic carbocycles. The van der Waals surface area contributed by atoms with Crippen LogP contribution in [0.2, 0.25) is 0 Å². The molecule has 2 heterocycles. The van der Waals surface area contributed by atoms with Crippen LogP contribution >= 0.6 is 36.6 Å². The fourth-order valence-electron chi connectivity index (χ4n) is 4.56. The van der Waals surface area contributed by atoms with Crippen LogP contribution in [0, 0.1) is 0 Å². The number of nitrogens with zero attached hydrogens (tertiary/aromatic N) is 3. The number of rotatable bonds is 8. The monoisotopic (exact) mass is 624 g/mol. The Morgan fingerprint density at radius 1 is 0.902 bits per heavy atom. The molecule has 0 bridgehead atoms. The summed E-state index contributed by atoms with van der Waals surface area (Å²) in [5, 5.41) is 3.88. The van der Waals surface area contributed by atoms with E-state index in [4.69, 9.17) is 4.74 Å². The summed E-state index contributed by atoms with van der Waals surface area (Å²) in [6.45, 7) is 4.54. The highest BCUT2D eigenvalue weighted by atomic mass is 35.5. The zero-order valence-electron chi connectivity index (χ0n) is 21.8. The van der Waals surface area contributed by atoms with Crippen LogP contribution in [-0.4, -0.2) is 60.7 Å². The van der Waals surface area contributed by atoms with Gasteiger partial charge in [-0.05, 0) is 60.3 Å². The zero-order valence-corrected chi connectivity index (χ0v) is 24.3. The lowest BCUT2D eigenvalue weighted by molar-refractivity contribution is -0.0328. The van der Waals surface area contributed by atoms with Crippen molar-refractivity contribution in [2.24, 2.45) is 0 Å². The van der Waals surface area contributed by atoms with Gasteiger partial charge >= 0.3 is 11.5 Å². The highest BCUT2D eigenvalue weighted by Crippen LogP contribution is 2.38. The molecule has 0 spiro atoms.